The highest BCUT2D eigenvalue weighted by molar-refractivity contribution is 9.10. The number of hydrogen-bond acceptors (Lipinski definition) is 2. The van der Waals surface area contributed by atoms with E-state index in [1.165, 1.54) is 4.90 Å². The number of amides is 1. The number of aliphatic carboxylic acids is 1. The third-order valence-corrected chi connectivity index (χ3v) is 4.20. The molecule has 1 saturated heterocycles. The van der Waals surface area contributed by atoms with E-state index in [0.717, 1.165) is 0 Å². The van der Waals surface area contributed by atoms with Crippen LogP contribution >= 0.6 is 27.5 Å². The van der Waals surface area contributed by atoms with Gasteiger partial charge in [-0.05, 0) is 47.0 Å². The van der Waals surface area contributed by atoms with Gasteiger partial charge >= 0.3 is 5.97 Å². The molecule has 1 N–H and O–H groups in total. The molecule has 96 valence electrons. The van der Waals surface area contributed by atoms with Crippen LogP contribution in [0.3, 0.4) is 0 Å². The van der Waals surface area contributed by atoms with Crippen molar-refractivity contribution in [2.45, 2.75) is 18.9 Å². The van der Waals surface area contributed by atoms with E-state index >= 15 is 0 Å². The van der Waals surface area contributed by atoms with Gasteiger partial charge in [0.25, 0.3) is 5.91 Å². The number of benzene rings is 1. The number of carbonyl (C=O) groups is 2. The summed E-state index contributed by atoms with van der Waals surface area (Å²) in [6.45, 7) is 0.476. The molecule has 0 aliphatic carbocycles. The van der Waals surface area contributed by atoms with Crippen LogP contribution in [0, 0.1) is 0 Å². The second-order valence-electron chi connectivity index (χ2n) is 4.12. The summed E-state index contributed by atoms with van der Waals surface area (Å²) in [4.78, 5) is 24.6. The predicted octanol–water partition coefficient (Wildman–Crippen LogP) is 2.79. The number of hydrogen-bond donors (Lipinski definition) is 1. The lowest BCUT2D eigenvalue weighted by molar-refractivity contribution is -0.141. The summed E-state index contributed by atoms with van der Waals surface area (Å²) < 4.78 is 0.705. The van der Waals surface area contributed by atoms with Gasteiger partial charge in [-0.3, -0.25) is 4.79 Å². The molecule has 18 heavy (non-hydrogen) atoms. The van der Waals surface area contributed by atoms with Crippen molar-refractivity contribution in [2.75, 3.05) is 6.54 Å². The van der Waals surface area contributed by atoms with Crippen molar-refractivity contribution in [1.82, 2.24) is 4.90 Å². The first kappa shape index (κ1) is 13.4. The molecule has 1 aliphatic heterocycles. The molecule has 0 saturated carbocycles. The maximum Gasteiger partial charge on any atom is 0.326 e. The molecule has 1 fully saturated rings. The molecular weight excluding hydrogens is 321 g/mol. The number of likely N-dealkylation sites (tertiary alicyclic amines) is 1. The Morgan fingerprint density at radius 2 is 2.17 bits per heavy atom. The largest absolute Gasteiger partial charge is 0.480 e. The molecule has 1 aromatic rings. The molecule has 1 aliphatic rings. The highest BCUT2D eigenvalue weighted by Crippen LogP contribution is 2.26. The SMILES string of the molecule is O=C(O)[C@H]1CCCN1C(=O)c1ccc(Br)c(Cl)c1. The first-order valence-corrected chi connectivity index (χ1v) is 6.66. The normalized spacial score (nSPS) is 19.0. The van der Waals surface area contributed by atoms with Crippen LogP contribution in [0.1, 0.15) is 23.2 Å². The van der Waals surface area contributed by atoms with Crippen molar-refractivity contribution in [2.24, 2.45) is 0 Å². The standard InChI is InChI=1S/C12H11BrClNO3/c13-8-4-3-7(6-9(8)14)11(16)15-5-1-2-10(15)12(17)18/h3-4,6,10H,1-2,5H2,(H,17,18)/t10-/m1/s1. The lowest BCUT2D eigenvalue weighted by Crippen LogP contribution is -2.40. The summed E-state index contributed by atoms with van der Waals surface area (Å²) in [7, 11) is 0. The minimum atomic E-state index is -0.955. The zero-order valence-corrected chi connectivity index (χ0v) is 11.7. The molecule has 1 atom stereocenters. The summed E-state index contributed by atoms with van der Waals surface area (Å²) in [6.07, 6.45) is 1.22. The van der Waals surface area contributed by atoms with Crippen LogP contribution in [0.5, 0.6) is 0 Å². The average molecular weight is 333 g/mol. The molecule has 1 aromatic carbocycles. The Balaban J connectivity index is 2.25. The summed E-state index contributed by atoms with van der Waals surface area (Å²) in [5.41, 5.74) is 0.413. The fourth-order valence-electron chi connectivity index (χ4n) is 2.06. The number of carboxylic acids is 1. The Hall–Kier alpha value is -1.07. The topological polar surface area (TPSA) is 57.6 Å². The Morgan fingerprint density at radius 3 is 2.78 bits per heavy atom. The van der Waals surface area contributed by atoms with Gasteiger partial charge in [0.1, 0.15) is 6.04 Å². The maximum atomic E-state index is 12.2. The second-order valence-corrected chi connectivity index (χ2v) is 5.39. The molecule has 2 rings (SSSR count). The molecule has 4 nitrogen and oxygen atoms in total. The Morgan fingerprint density at radius 1 is 1.44 bits per heavy atom. The average Bonchev–Trinajstić information content (AvgIpc) is 2.81. The first-order chi connectivity index (χ1) is 8.50. The Labute approximate surface area is 118 Å². The fourth-order valence-corrected chi connectivity index (χ4v) is 2.49. The maximum absolute atomic E-state index is 12.2. The van der Waals surface area contributed by atoms with Gasteiger partial charge in [0.05, 0.1) is 5.02 Å². The predicted molar refractivity (Wildman–Crippen MR) is 70.8 cm³/mol. The Bertz CT molecular complexity index is 506. The van der Waals surface area contributed by atoms with Crippen LogP contribution in [0.4, 0.5) is 0 Å². The van der Waals surface area contributed by atoms with Gasteiger partial charge in [-0.1, -0.05) is 11.6 Å². The van der Waals surface area contributed by atoms with Crippen LogP contribution in [-0.4, -0.2) is 34.5 Å². The fraction of sp³-hybridized carbons (Fsp3) is 0.333. The van der Waals surface area contributed by atoms with E-state index in [9.17, 15) is 9.59 Å². The van der Waals surface area contributed by atoms with Gasteiger partial charge in [-0.2, -0.15) is 0 Å². The van der Waals surface area contributed by atoms with Gasteiger partial charge in [-0.15, -0.1) is 0 Å². The van der Waals surface area contributed by atoms with E-state index < -0.39 is 12.0 Å². The molecule has 6 heteroatoms. The third-order valence-electron chi connectivity index (χ3n) is 2.97. The van der Waals surface area contributed by atoms with Crippen molar-refractivity contribution in [3.63, 3.8) is 0 Å². The first-order valence-electron chi connectivity index (χ1n) is 5.49. The summed E-state index contributed by atoms with van der Waals surface area (Å²) in [6, 6.07) is 4.14. The van der Waals surface area contributed by atoms with E-state index in [1.54, 1.807) is 18.2 Å². The van der Waals surface area contributed by atoms with Crippen LogP contribution in [0.2, 0.25) is 5.02 Å². The van der Waals surface area contributed by atoms with E-state index in [0.29, 0.717) is 34.4 Å². The van der Waals surface area contributed by atoms with E-state index in [-0.39, 0.29) is 5.91 Å². The lowest BCUT2D eigenvalue weighted by atomic mass is 10.1. The number of halogens is 2. The number of carboxylic acid groups (broad SMARTS) is 1. The Kier molecular flexibility index (Phi) is 3.92. The van der Waals surface area contributed by atoms with E-state index in [1.807, 2.05) is 0 Å². The second kappa shape index (κ2) is 5.28. The molecule has 0 spiro atoms. The van der Waals surface area contributed by atoms with Crippen LogP contribution in [0.25, 0.3) is 0 Å². The monoisotopic (exact) mass is 331 g/mol. The van der Waals surface area contributed by atoms with Gasteiger partial charge in [-0.25, -0.2) is 4.79 Å². The summed E-state index contributed by atoms with van der Waals surface area (Å²) >= 11 is 9.18. The van der Waals surface area contributed by atoms with Crippen LogP contribution in [-0.2, 0) is 4.79 Å². The number of rotatable bonds is 2. The van der Waals surface area contributed by atoms with E-state index in [2.05, 4.69) is 15.9 Å². The summed E-state index contributed by atoms with van der Waals surface area (Å²) in [5, 5.41) is 9.49. The quantitative estimate of drug-likeness (QED) is 0.906. The molecule has 1 amide bonds. The minimum Gasteiger partial charge on any atom is -0.480 e. The summed E-state index contributed by atoms with van der Waals surface area (Å²) in [5.74, 6) is -1.24. The molecule has 0 bridgehead atoms. The highest BCUT2D eigenvalue weighted by Gasteiger charge is 2.34. The lowest BCUT2D eigenvalue weighted by Gasteiger charge is -2.21. The minimum absolute atomic E-state index is 0.283. The van der Waals surface area contributed by atoms with Crippen molar-refractivity contribution in [3.8, 4) is 0 Å². The smallest absolute Gasteiger partial charge is 0.326 e. The number of nitrogens with zero attached hydrogens (tertiary/aromatic N) is 1. The van der Waals surface area contributed by atoms with Gasteiger partial charge in [0.15, 0.2) is 0 Å². The van der Waals surface area contributed by atoms with Gasteiger partial charge in [0, 0.05) is 16.6 Å². The van der Waals surface area contributed by atoms with E-state index in [4.69, 9.17) is 16.7 Å². The molecule has 0 unspecified atom stereocenters. The molecule has 0 aromatic heterocycles. The van der Waals surface area contributed by atoms with Crippen molar-refractivity contribution in [1.29, 1.82) is 0 Å². The number of carbonyl (C=O) groups excluding carboxylic acids is 1. The molecule has 0 radical (unpaired) electrons. The molecular formula is C12H11BrClNO3. The van der Waals surface area contributed by atoms with Crippen molar-refractivity contribution >= 4 is 39.4 Å². The zero-order valence-electron chi connectivity index (χ0n) is 9.40. The van der Waals surface area contributed by atoms with Crippen molar-refractivity contribution < 1.29 is 14.7 Å². The van der Waals surface area contributed by atoms with Crippen molar-refractivity contribution in [3.05, 3.63) is 33.3 Å². The van der Waals surface area contributed by atoms with Gasteiger partial charge < -0.3 is 10.0 Å². The van der Waals surface area contributed by atoms with Crippen LogP contribution < -0.4 is 0 Å². The highest BCUT2D eigenvalue weighted by atomic mass is 79.9. The van der Waals surface area contributed by atoms with Crippen LogP contribution in [0.15, 0.2) is 22.7 Å². The van der Waals surface area contributed by atoms with Gasteiger partial charge in [0.2, 0.25) is 0 Å². The third kappa shape index (κ3) is 2.52. The molecule has 1 heterocycles. The zero-order chi connectivity index (χ0) is 13.3.